The summed E-state index contributed by atoms with van der Waals surface area (Å²) < 4.78 is 10.5. The normalized spacial score (nSPS) is 22.1. The first-order valence-corrected chi connectivity index (χ1v) is 9.10. The fourth-order valence-corrected chi connectivity index (χ4v) is 3.73. The monoisotopic (exact) mass is 325 g/mol. The first-order chi connectivity index (χ1) is 11.2. The van der Waals surface area contributed by atoms with Crippen LogP contribution in [0.5, 0.6) is 0 Å². The van der Waals surface area contributed by atoms with Crippen molar-refractivity contribution in [3.8, 4) is 0 Å². The van der Waals surface area contributed by atoms with Gasteiger partial charge >= 0.3 is 0 Å². The van der Waals surface area contributed by atoms with Gasteiger partial charge in [-0.1, -0.05) is 12.8 Å². The largest absolute Gasteiger partial charge is 0.385 e. The van der Waals surface area contributed by atoms with Crippen LogP contribution >= 0.6 is 0 Å². The number of nitrogens with one attached hydrogen (secondary N) is 2. The summed E-state index contributed by atoms with van der Waals surface area (Å²) in [6.07, 6.45) is 10.2. The van der Waals surface area contributed by atoms with Gasteiger partial charge in [0.05, 0.1) is 0 Å². The molecule has 2 fully saturated rings. The molecule has 0 amide bonds. The Morgan fingerprint density at radius 3 is 1.74 bits per heavy atom. The maximum atomic E-state index is 5.31. The van der Waals surface area contributed by atoms with Gasteiger partial charge in [0, 0.05) is 47.6 Å². The second-order valence-electron chi connectivity index (χ2n) is 7.47. The van der Waals surface area contributed by atoms with Gasteiger partial charge in [0.15, 0.2) is 5.96 Å². The van der Waals surface area contributed by atoms with Crippen molar-refractivity contribution in [3.05, 3.63) is 0 Å². The minimum atomic E-state index is 0.390. The maximum absolute atomic E-state index is 5.31. The summed E-state index contributed by atoms with van der Waals surface area (Å²) in [7, 11) is 5.44. The zero-order valence-electron chi connectivity index (χ0n) is 15.2. The molecule has 2 aliphatic rings. The van der Waals surface area contributed by atoms with E-state index in [1.54, 1.807) is 14.2 Å². The predicted octanol–water partition coefficient (Wildman–Crippen LogP) is 2.56. The molecule has 2 aliphatic carbocycles. The van der Waals surface area contributed by atoms with Crippen molar-refractivity contribution in [3.63, 3.8) is 0 Å². The SMILES string of the molecule is CN=C(NCC1(CCOC)CCCC1)NCC1(CCOC)CC1. The van der Waals surface area contributed by atoms with Crippen molar-refractivity contribution in [2.75, 3.05) is 47.6 Å². The molecule has 0 saturated heterocycles. The van der Waals surface area contributed by atoms with Crippen LogP contribution in [0.3, 0.4) is 0 Å². The molecule has 0 bridgehead atoms. The number of rotatable bonds is 10. The number of hydrogen-bond donors (Lipinski definition) is 2. The first kappa shape index (κ1) is 18.5. The molecule has 23 heavy (non-hydrogen) atoms. The molecular weight excluding hydrogens is 290 g/mol. The van der Waals surface area contributed by atoms with Gasteiger partial charge in [-0.05, 0) is 49.4 Å². The predicted molar refractivity (Wildman–Crippen MR) is 94.9 cm³/mol. The lowest BCUT2D eigenvalue weighted by Crippen LogP contribution is -2.45. The van der Waals surface area contributed by atoms with E-state index in [2.05, 4.69) is 15.6 Å². The van der Waals surface area contributed by atoms with Crippen molar-refractivity contribution in [2.24, 2.45) is 15.8 Å². The number of hydrogen-bond acceptors (Lipinski definition) is 3. The number of guanidine groups is 1. The Morgan fingerprint density at radius 2 is 1.35 bits per heavy atom. The zero-order chi connectivity index (χ0) is 16.6. The molecule has 0 atom stereocenters. The maximum Gasteiger partial charge on any atom is 0.191 e. The van der Waals surface area contributed by atoms with E-state index in [1.165, 1.54) is 38.5 Å². The van der Waals surface area contributed by atoms with Crippen LogP contribution in [-0.4, -0.2) is 53.5 Å². The lowest BCUT2D eigenvalue weighted by atomic mass is 9.83. The molecule has 5 nitrogen and oxygen atoms in total. The Hall–Kier alpha value is -0.810. The van der Waals surface area contributed by atoms with Crippen LogP contribution in [0.15, 0.2) is 4.99 Å². The number of methoxy groups -OCH3 is 2. The van der Waals surface area contributed by atoms with Gasteiger partial charge < -0.3 is 20.1 Å². The minimum absolute atomic E-state index is 0.390. The molecule has 0 heterocycles. The third-order valence-electron chi connectivity index (χ3n) is 5.78. The van der Waals surface area contributed by atoms with Gasteiger partial charge in [-0.2, -0.15) is 0 Å². The number of ether oxygens (including phenoxy) is 2. The molecule has 0 spiro atoms. The second-order valence-corrected chi connectivity index (χ2v) is 7.47. The fourth-order valence-electron chi connectivity index (χ4n) is 3.73. The third-order valence-corrected chi connectivity index (χ3v) is 5.78. The number of nitrogens with zero attached hydrogens (tertiary/aromatic N) is 1. The van der Waals surface area contributed by atoms with Crippen LogP contribution in [0.4, 0.5) is 0 Å². The molecular formula is C18H35N3O2. The van der Waals surface area contributed by atoms with Crippen molar-refractivity contribution in [2.45, 2.75) is 51.4 Å². The minimum Gasteiger partial charge on any atom is -0.385 e. The average Bonchev–Trinajstić information content (AvgIpc) is 3.20. The molecule has 2 rings (SSSR count). The van der Waals surface area contributed by atoms with Crippen molar-refractivity contribution < 1.29 is 9.47 Å². The van der Waals surface area contributed by atoms with E-state index >= 15 is 0 Å². The highest BCUT2D eigenvalue weighted by Crippen LogP contribution is 2.48. The van der Waals surface area contributed by atoms with Crippen molar-refractivity contribution in [1.29, 1.82) is 0 Å². The Bertz CT molecular complexity index is 374. The molecule has 0 unspecified atom stereocenters. The Kier molecular flexibility index (Phi) is 7.15. The molecule has 0 aliphatic heterocycles. The summed E-state index contributed by atoms with van der Waals surface area (Å²) in [6.45, 7) is 3.71. The first-order valence-electron chi connectivity index (χ1n) is 9.10. The molecule has 0 radical (unpaired) electrons. The van der Waals surface area contributed by atoms with E-state index in [0.717, 1.165) is 45.1 Å². The van der Waals surface area contributed by atoms with Crippen LogP contribution in [0, 0.1) is 10.8 Å². The molecule has 0 aromatic carbocycles. The summed E-state index contributed by atoms with van der Waals surface area (Å²) in [5.41, 5.74) is 0.829. The zero-order valence-corrected chi connectivity index (χ0v) is 15.2. The van der Waals surface area contributed by atoms with Gasteiger partial charge in [-0.3, -0.25) is 4.99 Å². The van der Waals surface area contributed by atoms with Gasteiger partial charge in [0.1, 0.15) is 0 Å². The number of aliphatic imine (C=N–C) groups is 1. The molecule has 0 aromatic rings. The molecule has 0 aromatic heterocycles. The van der Waals surface area contributed by atoms with E-state index in [4.69, 9.17) is 9.47 Å². The van der Waals surface area contributed by atoms with Crippen LogP contribution in [0.2, 0.25) is 0 Å². The summed E-state index contributed by atoms with van der Waals surface area (Å²) >= 11 is 0. The summed E-state index contributed by atoms with van der Waals surface area (Å²) in [4.78, 5) is 4.40. The fraction of sp³-hybridized carbons (Fsp3) is 0.944. The quantitative estimate of drug-likeness (QED) is 0.479. The average molecular weight is 325 g/mol. The molecule has 2 saturated carbocycles. The van der Waals surface area contributed by atoms with Gasteiger partial charge in [0.25, 0.3) is 0 Å². The van der Waals surface area contributed by atoms with E-state index in [1.807, 2.05) is 7.05 Å². The summed E-state index contributed by atoms with van der Waals surface area (Å²) in [6, 6.07) is 0. The Morgan fingerprint density at radius 1 is 0.870 bits per heavy atom. The summed E-state index contributed by atoms with van der Waals surface area (Å²) in [5.74, 6) is 0.942. The lowest BCUT2D eigenvalue weighted by Gasteiger charge is -2.30. The van der Waals surface area contributed by atoms with Crippen molar-refractivity contribution in [1.82, 2.24) is 10.6 Å². The van der Waals surface area contributed by atoms with Crippen LogP contribution in [0.1, 0.15) is 51.4 Å². The molecule has 5 heteroatoms. The molecule has 2 N–H and O–H groups in total. The van der Waals surface area contributed by atoms with E-state index in [9.17, 15) is 0 Å². The highest BCUT2D eigenvalue weighted by molar-refractivity contribution is 5.79. The Labute approximate surface area is 141 Å². The summed E-state index contributed by atoms with van der Waals surface area (Å²) in [5, 5.41) is 7.10. The topological polar surface area (TPSA) is 54.9 Å². The molecule has 134 valence electrons. The second kappa shape index (κ2) is 8.88. The van der Waals surface area contributed by atoms with Gasteiger partial charge in [0.2, 0.25) is 0 Å². The van der Waals surface area contributed by atoms with Crippen LogP contribution < -0.4 is 10.6 Å². The highest BCUT2D eigenvalue weighted by Gasteiger charge is 2.42. The Balaban J connectivity index is 1.76. The highest BCUT2D eigenvalue weighted by atomic mass is 16.5. The van der Waals surface area contributed by atoms with Gasteiger partial charge in [-0.25, -0.2) is 0 Å². The van der Waals surface area contributed by atoms with Crippen LogP contribution in [-0.2, 0) is 9.47 Å². The van der Waals surface area contributed by atoms with Crippen molar-refractivity contribution >= 4 is 5.96 Å². The van der Waals surface area contributed by atoms with E-state index < -0.39 is 0 Å². The van der Waals surface area contributed by atoms with E-state index in [-0.39, 0.29) is 0 Å². The lowest BCUT2D eigenvalue weighted by molar-refractivity contribution is 0.138. The third kappa shape index (κ3) is 5.64. The standard InChI is InChI=1S/C18H35N3O2/c1-19-16(21-15-18(8-9-18)11-13-23-3)20-14-17(10-12-22-2)6-4-5-7-17/h4-15H2,1-3H3,(H2,19,20,21). The smallest absolute Gasteiger partial charge is 0.191 e. The van der Waals surface area contributed by atoms with Gasteiger partial charge in [-0.15, -0.1) is 0 Å². The van der Waals surface area contributed by atoms with Crippen LogP contribution in [0.25, 0.3) is 0 Å². The van der Waals surface area contributed by atoms with E-state index in [0.29, 0.717) is 10.8 Å².